The first-order valence-electron chi connectivity index (χ1n) is 12.1. The molecule has 0 fully saturated rings. The zero-order valence-corrected chi connectivity index (χ0v) is 18.7. The van der Waals surface area contributed by atoms with E-state index < -0.39 is 0 Å². The van der Waals surface area contributed by atoms with Gasteiger partial charge < -0.3 is 4.90 Å². The van der Waals surface area contributed by atoms with Gasteiger partial charge in [0.25, 0.3) is 0 Å². The second kappa shape index (κ2) is 16.0. The standard InChI is InChI=1S/C27H42N2/c1-2-3-4-5-6-7-8-9-10-11-12-13-14-15-19-22-27-28-23-24-29(27)25-26-20-17-16-18-21-26/h14-22H,2-13,23-25H2,1H3/b15-14+,22-19+. The summed E-state index contributed by atoms with van der Waals surface area (Å²) in [5, 5.41) is 0. The van der Waals surface area contributed by atoms with Crippen LogP contribution in [0.25, 0.3) is 0 Å². The van der Waals surface area contributed by atoms with E-state index >= 15 is 0 Å². The monoisotopic (exact) mass is 394 g/mol. The lowest BCUT2D eigenvalue weighted by atomic mass is 10.1. The van der Waals surface area contributed by atoms with Gasteiger partial charge in [0.15, 0.2) is 0 Å². The second-order valence-corrected chi connectivity index (χ2v) is 8.26. The van der Waals surface area contributed by atoms with Gasteiger partial charge in [-0.1, -0.05) is 120 Å². The Kier molecular flexibility index (Phi) is 13.0. The molecule has 0 radical (unpaired) electrons. The molecule has 1 aromatic rings. The molecule has 0 amide bonds. The molecule has 1 aromatic carbocycles. The van der Waals surface area contributed by atoms with Crippen LogP contribution in [0.1, 0.15) is 89.5 Å². The minimum Gasteiger partial charge on any atom is -0.351 e. The number of hydrogen-bond donors (Lipinski definition) is 0. The zero-order chi connectivity index (χ0) is 20.4. The molecular weight excluding hydrogens is 352 g/mol. The summed E-state index contributed by atoms with van der Waals surface area (Å²) in [5.74, 6) is 1.12. The molecule has 0 N–H and O–H groups in total. The maximum atomic E-state index is 4.64. The van der Waals surface area contributed by atoms with Crippen molar-refractivity contribution in [3.05, 3.63) is 60.2 Å². The fraction of sp³-hybridized carbons (Fsp3) is 0.593. The molecule has 0 atom stereocenters. The minimum atomic E-state index is 0.912. The summed E-state index contributed by atoms with van der Waals surface area (Å²) in [6.07, 6.45) is 25.5. The number of benzene rings is 1. The van der Waals surface area contributed by atoms with E-state index in [1.54, 1.807) is 0 Å². The van der Waals surface area contributed by atoms with Crippen LogP contribution in [0.15, 0.2) is 59.6 Å². The van der Waals surface area contributed by atoms with Crippen molar-refractivity contribution >= 4 is 5.84 Å². The summed E-state index contributed by atoms with van der Waals surface area (Å²) >= 11 is 0. The summed E-state index contributed by atoms with van der Waals surface area (Å²) in [5.41, 5.74) is 1.35. The number of amidine groups is 1. The number of aliphatic imine (C=N–C) groups is 1. The third-order valence-electron chi connectivity index (χ3n) is 5.65. The van der Waals surface area contributed by atoms with Crippen LogP contribution in [0, 0.1) is 0 Å². The fourth-order valence-corrected chi connectivity index (χ4v) is 3.86. The minimum absolute atomic E-state index is 0.912. The Labute approximate surface area is 179 Å². The van der Waals surface area contributed by atoms with Gasteiger partial charge in [0.05, 0.1) is 6.54 Å². The largest absolute Gasteiger partial charge is 0.351 e. The van der Waals surface area contributed by atoms with Gasteiger partial charge in [-0.15, -0.1) is 0 Å². The molecule has 1 heterocycles. The number of unbranched alkanes of at least 4 members (excludes halogenated alkanes) is 11. The van der Waals surface area contributed by atoms with Crippen molar-refractivity contribution in [3.63, 3.8) is 0 Å². The normalized spacial score (nSPS) is 14.4. The van der Waals surface area contributed by atoms with Crippen LogP contribution in [-0.2, 0) is 6.54 Å². The number of allylic oxidation sites excluding steroid dienone is 3. The highest BCUT2D eigenvalue weighted by atomic mass is 15.2. The van der Waals surface area contributed by atoms with Gasteiger partial charge in [-0.25, -0.2) is 0 Å². The first kappa shape index (κ1) is 23.4. The quantitative estimate of drug-likeness (QED) is 0.207. The van der Waals surface area contributed by atoms with Gasteiger partial charge in [0, 0.05) is 13.1 Å². The summed E-state index contributed by atoms with van der Waals surface area (Å²) in [6, 6.07) is 10.7. The maximum absolute atomic E-state index is 4.64. The Balaban J connectivity index is 1.47. The highest BCUT2D eigenvalue weighted by Gasteiger charge is 2.13. The first-order chi connectivity index (χ1) is 14.4. The lowest BCUT2D eigenvalue weighted by Gasteiger charge is -2.18. The second-order valence-electron chi connectivity index (χ2n) is 8.26. The van der Waals surface area contributed by atoms with Crippen molar-refractivity contribution < 1.29 is 0 Å². The average molecular weight is 395 g/mol. The van der Waals surface area contributed by atoms with Crippen molar-refractivity contribution in [2.75, 3.05) is 13.1 Å². The molecule has 2 nitrogen and oxygen atoms in total. The third kappa shape index (κ3) is 11.1. The van der Waals surface area contributed by atoms with Crippen molar-refractivity contribution in [3.8, 4) is 0 Å². The highest BCUT2D eigenvalue weighted by molar-refractivity contribution is 5.94. The molecule has 0 unspecified atom stereocenters. The molecule has 2 heteroatoms. The molecule has 160 valence electrons. The predicted octanol–water partition coefficient (Wildman–Crippen LogP) is 7.71. The third-order valence-corrected chi connectivity index (χ3v) is 5.65. The van der Waals surface area contributed by atoms with Crippen LogP contribution in [-0.4, -0.2) is 23.8 Å². The molecule has 0 bridgehead atoms. The van der Waals surface area contributed by atoms with Gasteiger partial charge in [-0.2, -0.15) is 0 Å². The van der Waals surface area contributed by atoms with Gasteiger partial charge >= 0.3 is 0 Å². The van der Waals surface area contributed by atoms with Gasteiger partial charge in [-0.05, 0) is 24.5 Å². The number of rotatable bonds is 16. The van der Waals surface area contributed by atoms with Crippen LogP contribution in [0.5, 0.6) is 0 Å². The van der Waals surface area contributed by atoms with E-state index in [4.69, 9.17) is 0 Å². The average Bonchev–Trinajstić information content (AvgIpc) is 3.18. The van der Waals surface area contributed by atoms with Crippen molar-refractivity contribution in [1.29, 1.82) is 0 Å². The fourth-order valence-electron chi connectivity index (χ4n) is 3.86. The molecule has 0 saturated heterocycles. The van der Waals surface area contributed by atoms with Gasteiger partial charge in [0.2, 0.25) is 0 Å². The molecule has 1 aliphatic heterocycles. The smallest absolute Gasteiger partial charge is 0.123 e. The van der Waals surface area contributed by atoms with Gasteiger partial charge in [0.1, 0.15) is 5.84 Å². The Morgan fingerprint density at radius 2 is 1.48 bits per heavy atom. The first-order valence-corrected chi connectivity index (χ1v) is 12.1. The Hall–Kier alpha value is -1.83. The molecule has 1 aliphatic rings. The van der Waals surface area contributed by atoms with E-state index in [1.807, 2.05) is 0 Å². The van der Waals surface area contributed by atoms with Crippen LogP contribution in [0.4, 0.5) is 0 Å². The maximum Gasteiger partial charge on any atom is 0.123 e. The Bertz CT molecular complexity index is 600. The molecule has 0 spiro atoms. The van der Waals surface area contributed by atoms with E-state index in [2.05, 4.69) is 71.5 Å². The Morgan fingerprint density at radius 3 is 2.17 bits per heavy atom. The van der Waals surface area contributed by atoms with Crippen molar-refractivity contribution in [1.82, 2.24) is 4.90 Å². The van der Waals surface area contributed by atoms with Crippen molar-refractivity contribution in [2.45, 2.75) is 90.5 Å². The number of nitrogens with zero attached hydrogens (tertiary/aromatic N) is 2. The van der Waals surface area contributed by atoms with E-state index in [9.17, 15) is 0 Å². The molecule has 0 aromatic heterocycles. The van der Waals surface area contributed by atoms with E-state index in [0.717, 1.165) is 25.5 Å². The molecule has 29 heavy (non-hydrogen) atoms. The van der Waals surface area contributed by atoms with E-state index in [-0.39, 0.29) is 0 Å². The SMILES string of the molecule is CCCCCCCCCCCCC/C=C/C=C/C1=NCCN1Cc1ccccc1. The van der Waals surface area contributed by atoms with Crippen molar-refractivity contribution in [2.24, 2.45) is 4.99 Å². The zero-order valence-electron chi connectivity index (χ0n) is 18.7. The molecule has 2 rings (SSSR count). The number of hydrogen-bond acceptors (Lipinski definition) is 2. The molecule has 0 aliphatic carbocycles. The molecule has 0 saturated carbocycles. The summed E-state index contributed by atoms with van der Waals surface area (Å²) in [7, 11) is 0. The van der Waals surface area contributed by atoms with Gasteiger partial charge in [-0.3, -0.25) is 4.99 Å². The Morgan fingerprint density at radius 1 is 0.828 bits per heavy atom. The summed E-state index contributed by atoms with van der Waals surface area (Å²) < 4.78 is 0. The van der Waals surface area contributed by atoms with E-state index in [1.165, 1.54) is 82.6 Å². The topological polar surface area (TPSA) is 15.6 Å². The lowest BCUT2D eigenvalue weighted by Crippen LogP contribution is -2.25. The predicted molar refractivity (Wildman–Crippen MR) is 129 cm³/mol. The lowest BCUT2D eigenvalue weighted by molar-refractivity contribution is 0.454. The highest BCUT2D eigenvalue weighted by Crippen LogP contribution is 2.12. The van der Waals surface area contributed by atoms with Crippen LogP contribution < -0.4 is 0 Å². The van der Waals surface area contributed by atoms with E-state index in [0.29, 0.717) is 0 Å². The summed E-state index contributed by atoms with van der Waals surface area (Å²) in [6.45, 7) is 5.18. The molecular formula is C27H42N2. The van der Waals surface area contributed by atoms with Crippen LogP contribution in [0.2, 0.25) is 0 Å². The van der Waals surface area contributed by atoms with Crippen LogP contribution in [0.3, 0.4) is 0 Å². The summed E-state index contributed by atoms with van der Waals surface area (Å²) in [4.78, 5) is 7.00. The van der Waals surface area contributed by atoms with Crippen LogP contribution >= 0.6 is 0 Å².